The number of piperidine rings is 1. The number of carbonyl (C=O) groups is 2. The second-order valence-corrected chi connectivity index (χ2v) is 7.07. The van der Waals surface area contributed by atoms with Crippen molar-refractivity contribution in [3.63, 3.8) is 0 Å². The Bertz CT molecular complexity index is 804. The zero-order chi connectivity index (χ0) is 17.8. The molecule has 3 heterocycles. The maximum Gasteiger partial charge on any atom is 0.269 e. The highest BCUT2D eigenvalue weighted by atomic mass is 32.1. The largest absolute Gasteiger partial charge is 0.367 e. The fourth-order valence-electron chi connectivity index (χ4n) is 4.28. The fourth-order valence-corrected chi connectivity index (χ4v) is 4.47. The van der Waals surface area contributed by atoms with Crippen LogP contribution in [0, 0.1) is 15.5 Å². The summed E-state index contributed by atoms with van der Waals surface area (Å²) in [4.78, 5) is 38.4. The molecule has 8 nitrogen and oxygen atoms in total. The minimum atomic E-state index is -1.31. The van der Waals surface area contributed by atoms with E-state index in [1.165, 1.54) is 12.1 Å². The number of hydrogen-bond donors (Lipinski definition) is 2. The van der Waals surface area contributed by atoms with E-state index in [4.69, 9.17) is 12.2 Å². The number of carbonyl (C=O) groups excluding carboxylic acids is 2. The van der Waals surface area contributed by atoms with Crippen molar-refractivity contribution >= 4 is 40.5 Å². The molecule has 1 aromatic rings. The van der Waals surface area contributed by atoms with Crippen LogP contribution in [-0.4, -0.2) is 34.4 Å². The Hall–Kier alpha value is -2.55. The van der Waals surface area contributed by atoms with E-state index in [2.05, 4.69) is 15.5 Å². The number of non-ortho nitro benzene ring substituents is 1. The van der Waals surface area contributed by atoms with Gasteiger partial charge in [0.1, 0.15) is 0 Å². The van der Waals surface area contributed by atoms with E-state index in [-0.39, 0.29) is 23.3 Å². The molecule has 25 heavy (non-hydrogen) atoms. The molecular formula is C16H16N4O4S. The van der Waals surface area contributed by atoms with Crippen LogP contribution in [0.15, 0.2) is 18.2 Å². The fraction of sp³-hybridized carbons (Fsp3) is 0.438. The zero-order valence-electron chi connectivity index (χ0n) is 13.3. The third-order valence-electron chi connectivity index (χ3n) is 5.39. The molecule has 0 aromatic heterocycles. The maximum absolute atomic E-state index is 12.9. The van der Waals surface area contributed by atoms with Crippen LogP contribution in [0.25, 0.3) is 0 Å². The highest BCUT2D eigenvalue weighted by molar-refractivity contribution is 7.80. The quantitative estimate of drug-likeness (QED) is 0.335. The molecule has 0 bridgehead atoms. The van der Waals surface area contributed by atoms with Gasteiger partial charge in [0.25, 0.3) is 5.69 Å². The number of thiocarbonyl (C=S) groups is 1. The van der Waals surface area contributed by atoms with Crippen molar-refractivity contribution < 1.29 is 14.5 Å². The molecule has 2 amide bonds. The van der Waals surface area contributed by atoms with Crippen molar-refractivity contribution in [1.29, 1.82) is 0 Å². The number of nitrogens with one attached hydrogen (secondary N) is 2. The molecule has 0 unspecified atom stereocenters. The zero-order valence-corrected chi connectivity index (χ0v) is 14.1. The van der Waals surface area contributed by atoms with Crippen molar-refractivity contribution in [1.82, 2.24) is 10.6 Å². The molecule has 0 aliphatic carbocycles. The van der Waals surface area contributed by atoms with Crippen LogP contribution < -0.4 is 15.5 Å². The Kier molecular flexibility index (Phi) is 3.50. The summed E-state index contributed by atoms with van der Waals surface area (Å²) in [5.74, 6) is -0.842. The van der Waals surface area contributed by atoms with Gasteiger partial charge in [-0.1, -0.05) is 0 Å². The average molecular weight is 360 g/mol. The topological polar surface area (TPSA) is 105 Å². The lowest BCUT2D eigenvalue weighted by molar-refractivity contribution is -0.384. The lowest BCUT2D eigenvalue weighted by atomic mass is 9.66. The van der Waals surface area contributed by atoms with Crippen LogP contribution in [-0.2, 0) is 16.0 Å². The van der Waals surface area contributed by atoms with E-state index < -0.39 is 22.2 Å². The number of benzene rings is 1. The van der Waals surface area contributed by atoms with E-state index in [0.717, 1.165) is 18.5 Å². The SMILES string of the molecule is O=C1NC(=S)NC(=O)C12Cc1cc([N+](=O)[O-])ccc1N1CCCC[C@H]12. The number of anilines is 1. The first-order valence-corrected chi connectivity index (χ1v) is 8.55. The van der Waals surface area contributed by atoms with Crippen LogP contribution in [0.3, 0.4) is 0 Å². The van der Waals surface area contributed by atoms with Crippen molar-refractivity contribution in [3.05, 3.63) is 33.9 Å². The minimum Gasteiger partial charge on any atom is -0.367 e. The van der Waals surface area contributed by atoms with Gasteiger partial charge in [-0.3, -0.25) is 19.7 Å². The van der Waals surface area contributed by atoms with Crippen LogP contribution in [0.2, 0.25) is 0 Å². The van der Waals surface area contributed by atoms with Gasteiger partial charge in [0.2, 0.25) is 11.8 Å². The first kappa shape index (κ1) is 15.9. The molecule has 9 heteroatoms. The predicted molar refractivity (Wildman–Crippen MR) is 93.1 cm³/mol. The normalized spacial score (nSPS) is 24.2. The van der Waals surface area contributed by atoms with Crippen molar-refractivity contribution in [2.24, 2.45) is 5.41 Å². The van der Waals surface area contributed by atoms with Gasteiger partial charge in [-0.2, -0.15) is 0 Å². The number of rotatable bonds is 1. The molecular weight excluding hydrogens is 344 g/mol. The standard InChI is InChI=1S/C16H16N4O4S/c21-13-16(14(22)18-15(25)17-13)8-9-7-10(20(23)24)4-5-11(9)19-6-2-1-3-12(16)19/h4-5,7,12H,1-3,6,8H2,(H2,17,18,21,22,25)/t12-/m0/s1. The van der Waals surface area contributed by atoms with Gasteiger partial charge >= 0.3 is 0 Å². The highest BCUT2D eigenvalue weighted by Gasteiger charge is 2.59. The number of nitro benzene ring substituents is 1. The van der Waals surface area contributed by atoms with Gasteiger partial charge in [0.15, 0.2) is 10.5 Å². The molecule has 3 aliphatic rings. The monoisotopic (exact) mass is 360 g/mol. The van der Waals surface area contributed by atoms with Crippen LogP contribution >= 0.6 is 12.2 Å². The Morgan fingerprint density at radius 3 is 2.64 bits per heavy atom. The third-order valence-corrected chi connectivity index (χ3v) is 5.59. The predicted octanol–water partition coefficient (Wildman–Crippen LogP) is 1.03. The maximum atomic E-state index is 12.9. The summed E-state index contributed by atoms with van der Waals surface area (Å²) in [6, 6.07) is 4.38. The molecule has 3 aliphatic heterocycles. The Balaban J connectivity index is 1.88. The molecule has 1 spiro atoms. The van der Waals surface area contributed by atoms with Gasteiger partial charge in [-0.05, 0) is 43.1 Å². The number of nitrogens with zero attached hydrogens (tertiary/aromatic N) is 2. The van der Waals surface area contributed by atoms with Crippen molar-refractivity contribution in [2.75, 3.05) is 11.4 Å². The van der Waals surface area contributed by atoms with E-state index in [1.54, 1.807) is 6.07 Å². The summed E-state index contributed by atoms with van der Waals surface area (Å²) in [5, 5.41) is 16.3. The number of fused-ring (bicyclic) bond motifs is 4. The summed E-state index contributed by atoms with van der Waals surface area (Å²) in [7, 11) is 0. The van der Waals surface area contributed by atoms with Crippen LogP contribution in [0.4, 0.5) is 11.4 Å². The molecule has 130 valence electrons. The molecule has 1 aromatic carbocycles. The second-order valence-electron chi connectivity index (χ2n) is 6.66. The molecule has 2 N–H and O–H groups in total. The third kappa shape index (κ3) is 2.22. The molecule has 4 rings (SSSR count). The van der Waals surface area contributed by atoms with E-state index in [0.29, 0.717) is 18.5 Å². The van der Waals surface area contributed by atoms with Gasteiger partial charge in [0.05, 0.1) is 11.0 Å². The van der Waals surface area contributed by atoms with Gasteiger partial charge in [-0.25, -0.2) is 0 Å². The van der Waals surface area contributed by atoms with Gasteiger partial charge < -0.3 is 15.5 Å². The lowest BCUT2D eigenvalue weighted by Crippen LogP contribution is -2.71. The number of hydrogen-bond acceptors (Lipinski definition) is 6. The van der Waals surface area contributed by atoms with Crippen LogP contribution in [0.1, 0.15) is 24.8 Å². The molecule has 2 saturated heterocycles. The van der Waals surface area contributed by atoms with E-state index in [1.807, 2.05) is 0 Å². The molecule has 1 atom stereocenters. The summed E-state index contributed by atoms with van der Waals surface area (Å²) in [6.45, 7) is 0.711. The Morgan fingerprint density at radius 2 is 1.96 bits per heavy atom. The summed E-state index contributed by atoms with van der Waals surface area (Å²) in [5.41, 5.74) is 0.155. The Labute approximate surface area is 148 Å². The molecule has 0 saturated carbocycles. The average Bonchev–Trinajstić information content (AvgIpc) is 2.58. The van der Waals surface area contributed by atoms with Crippen molar-refractivity contribution in [2.45, 2.75) is 31.7 Å². The summed E-state index contributed by atoms with van der Waals surface area (Å²) >= 11 is 4.93. The van der Waals surface area contributed by atoms with Crippen molar-refractivity contribution in [3.8, 4) is 0 Å². The lowest BCUT2D eigenvalue weighted by Gasteiger charge is -2.52. The number of amides is 2. The van der Waals surface area contributed by atoms with Crippen LogP contribution in [0.5, 0.6) is 0 Å². The smallest absolute Gasteiger partial charge is 0.269 e. The minimum absolute atomic E-state index is 0.00724. The summed E-state index contributed by atoms with van der Waals surface area (Å²) < 4.78 is 0. The number of nitro groups is 1. The summed E-state index contributed by atoms with van der Waals surface area (Å²) in [6.07, 6.45) is 2.72. The van der Waals surface area contributed by atoms with E-state index >= 15 is 0 Å². The highest BCUT2D eigenvalue weighted by Crippen LogP contribution is 2.47. The molecule has 2 fully saturated rings. The first-order chi connectivity index (χ1) is 11.9. The first-order valence-electron chi connectivity index (χ1n) is 8.14. The second kappa shape index (κ2) is 5.48. The Morgan fingerprint density at radius 1 is 1.24 bits per heavy atom. The van der Waals surface area contributed by atoms with Gasteiger partial charge in [-0.15, -0.1) is 0 Å². The van der Waals surface area contributed by atoms with Gasteiger partial charge in [0, 0.05) is 30.8 Å². The van der Waals surface area contributed by atoms with E-state index in [9.17, 15) is 19.7 Å². The molecule has 0 radical (unpaired) electrons.